The average molecular weight is 275 g/mol. The molecule has 0 amide bonds. The Labute approximate surface area is 86.1 Å². The van der Waals surface area contributed by atoms with Crippen LogP contribution in [0.15, 0.2) is 0 Å². The minimum atomic E-state index is -0.349. The molecule has 0 saturated carbocycles. The standard InChI is InChI=1S/C4H10N2O2.Gd/c1-4(7)8-6-3-2-5;/h6H,2-3,5H2,1H3;. The second-order valence-electron chi connectivity index (χ2n) is 1.28. The van der Waals surface area contributed by atoms with Crippen molar-refractivity contribution in [2.75, 3.05) is 13.1 Å². The maximum Gasteiger partial charge on any atom is 0.321 e. The zero-order valence-electron chi connectivity index (χ0n) is 5.16. The van der Waals surface area contributed by atoms with Gasteiger partial charge in [-0.3, -0.25) is 4.79 Å². The van der Waals surface area contributed by atoms with Crippen molar-refractivity contribution < 1.29 is 49.6 Å². The van der Waals surface area contributed by atoms with Gasteiger partial charge in [0.15, 0.2) is 0 Å². The van der Waals surface area contributed by atoms with Gasteiger partial charge in [0.2, 0.25) is 0 Å². The smallest absolute Gasteiger partial charge is 0.321 e. The minimum Gasteiger partial charge on any atom is -0.371 e. The summed E-state index contributed by atoms with van der Waals surface area (Å²) in [5.74, 6) is -0.349. The Morgan fingerprint density at radius 1 is 1.78 bits per heavy atom. The summed E-state index contributed by atoms with van der Waals surface area (Å²) in [5, 5.41) is 0. The van der Waals surface area contributed by atoms with Crippen molar-refractivity contribution in [3.8, 4) is 0 Å². The Hall–Kier alpha value is 0.715. The summed E-state index contributed by atoms with van der Waals surface area (Å²) >= 11 is 0. The summed E-state index contributed by atoms with van der Waals surface area (Å²) in [6.07, 6.45) is 0. The molecule has 0 saturated heterocycles. The van der Waals surface area contributed by atoms with Crippen molar-refractivity contribution in [3.05, 3.63) is 0 Å². The molecule has 0 aromatic carbocycles. The summed E-state index contributed by atoms with van der Waals surface area (Å²) < 4.78 is 0. The van der Waals surface area contributed by atoms with Gasteiger partial charge in [-0.05, 0) is 0 Å². The van der Waals surface area contributed by atoms with E-state index in [9.17, 15) is 4.79 Å². The van der Waals surface area contributed by atoms with E-state index in [2.05, 4.69) is 10.3 Å². The van der Waals surface area contributed by atoms with Crippen LogP contribution in [-0.4, -0.2) is 19.1 Å². The number of hydrogen-bond acceptors (Lipinski definition) is 4. The van der Waals surface area contributed by atoms with Gasteiger partial charge in [-0.2, -0.15) is 5.48 Å². The normalized spacial score (nSPS) is 7.78. The van der Waals surface area contributed by atoms with E-state index in [4.69, 9.17) is 5.73 Å². The fraction of sp³-hybridized carbons (Fsp3) is 0.750. The number of carbonyl (C=O) groups excluding carboxylic acids is 1. The molecule has 0 atom stereocenters. The molecule has 0 spiro atoms. The van der Waals surface area contributed by atoms with E-state index in [0.717, 1.165) is 0 Å². The van der Waals surface area contributed by atoms with Gasteiger partial charge < -0.3 is 10.6 Å². The van der Waals surface area contributed by atoms with Crippen LogP contribution < -0.4 is 11.2 Å². The Kier molecular flexibility index (Phi) is 12.0. The summed E-state index contributed by atoms with van der Waals surface area (Å²) in [7, 11) is 0. The van der Waals surface area contributed by atoms with Gasteiger partial charge in [-0.25, -0.2) is 0 Å². The fourth-order valence-electron chi connectivity index (χ4n) is 0.212. The molecule has 0 aliphatic heterocycles. The molecule has 0 aromatic heterocycles. The molecule has 0 unspecified atom stereocenters. The van der Waals surface area contributed by atoms with E-state index in [1.165, 1.54) is 6.92 Å². The zero-order chi connectivity index (χ0) is 6.41. The third-order valence-electron chi connectivity index (χ3n) is 0.462. The van der Waals surface area contributed by atoms with Crippen molar-refractivity contribution in [1.82, 2.24) is 5.48 Å². The summed E-state index contributed by atoms with van der Waals surface area (Å²) in [6, 6.07) is 0. The van der Waals surface area contributed by atoms with E-state index in [0.29, 0.717) is 13.1 Å². The first-order chi connectivity index (χ1) is 3.77. The summed E-state index contributed by atoms with van der Waals surface area (Å²) in [6.45, 7) is 2.29. The van der Waals surface area contributed by atoms with Gasteiger partial charge in [0, 0.05) is 60.0 Å². The number of nitrogens with one attached hydrogen (secondary N) is 1. The zero-order valence-corrected chi connectivity index (χ0v) is 7.43. The molecule has 0 bridgehead atoms. The van der Waals surface area contributed by atoms with Crippen molar-refractivity contribution >= 4 is 5.97 Å². The van der Waals surface area contributed by atoms with Gasteiger partial charge in [0.1, 0.15) is 0 Å². The first kappa shape index (κ1) is 12.4. The van der Waals surface area contributed by atoms with E-state index in [1.54, 1.807) is 0 Å². The molecule has 0 aromatic rings. The molecule has 5 heteroatoms. The number of nitrogens with two attached hydrogens (primary N) is 1. The molecular formula is C4H10GdN2O2. The fourth-order valence-corrected chi connectivity index (χ4v) is 0.212. The Morgan fingerprint density at radius 3 is 2.67 bits per heavy atom. The van der Waals surface area contributed by atoms with Crippen LogP contribution in [0.2, 0.25) is 0 Å². The number of carbonyl (C=O) groups is 1. The molecule has 0 rings (SSSR count). The molecule has 56 valence electrons. The van der Waals surface area contributed by atoms with Crippen molar-refractivity contribution in [2.45, 2.75) is 6.92 Å². The molecule has 0 radical (unpaired) electrons. The predicted octanol–water partition coefficient (Wildman–Crippen LogP) is -0.987. The second-order valence-corrected chi connectivity index (χ2v) is 1.28. The first-order valence-electron chi connectivity index (χ1n) is 2.37. The van der Waals surface area contributed by atoms with Crippen LogP contribution in [-0.2, 0) is 9.63 Å². The van der Waals surface area contributed by atoms with Crippen LogP contribution in [0.3, 0.4) is 0 Å². The number of rotatable bonds is 3. The second kappa shape index (κ2) is 8.71. The monoisotopic (exact) mass is 276 g/mol. The van der Waals surface area contributed by atoms with Gasteiger partial charge in [0.05, 0.1) is 0 Å². The van der Waals surface area contributed by atoms with Crippen molar-refractivity contribution in [1.29, 1.82) is 0 Å². The van der Waals surface area contributed by atoms with E-state index < -0.39 is 0 Å². The van der Waals surface area contributed by atoms with Crippen LogP contribution in [0.25, 0.3) is 0 Å². The molecule has 3 N–H and O–H groups in total. The van der Waals surface area contributed by atoms with Crippen LogP contribution in [0, 0.1) is 39.9 Å². The quantitative estimate of drug-likeness (QED) is 0.513. The number of hydrogen-bond donors (Lipinski definition) is 2. The molecule has 0 aliphatic rings. The van der Waals surface area contributed by atoms with Gasteiger partial charge >= 0.3 is 5.97 Å². The topological polar surface area (TPSA) is 64.3 Å². The SMILES string of the molecule is CC(=O)ONCCN.[Gd]. The molecular weight excluding hydrogens is 265 g/mol. The first-order valence-corrected chi connectivity index (χ1v) is 2.37. The molecule has 0 aliphatic carbocycles. The van der Waals surface area contributed by atoms with Crippen LogP contribution in [0.4, 0.5) is 0 Å². The third-order valence-corrected chi connectivity index (χ3v) is 0.462. The van der Waals surface area contributed by atoms with Crippen molar-refractivity contribution in [2.24, 2.45) is 5.73 Å². The van der Waals surface area contributed by atoms with Crippen LogP contribution in [0.1, 0.15) is 6.92 Å². The van der Waals surface area contributed by atoms with Gasteiger partial charge in [0.25, 0.3) is 0 Å². The Balaban J connectivity index is 0. The molecule has 0 fully saturated rings. The summed E-state index contributed by atoms with van der Waals surface area (Å²) in [5.41, 5.74) is 7.42. The van der Waals surface area contributed by atoms with Crippen molar-refractivity contribution in [3.63, 3.8) is 0 Å². The maximum absolute atomic E-state index is 9.99. The van der Waals surface area contributed by atoms with Crippen LogP contribution >= 0.6 is 0 Å². The van der Waals surface area contributed by atoms with E-state index in [-0.39, 0.29) is 45.9 Å². The van der Waals surface area contributed by atoms with E-state index in [1.807, 2.05) is 0 Å². The molecule has 4 nitrogen and oxygen atoms in total. The maximum atomic E-state index is 9.99. The largest absolute Gasteiger partial charge is 0.371 e. The van der Waals surface area contributed by atoms with Gasteiger partial charge in [-0.1, -0.05) is 0 Å². The Bertz CT molecular complexity index is 79.0. The molecule has 0 heterocycles. The van der Waals surface area contributed by atoms with Gasteiger partial charge in [-0.15, -0.1) is 0 Å². The van der Waals surface area contributed by atoms with Crippen LogP contribution in [0.5, 0.6) is 0 Å². The minimum absolute atomic E-state index is 0. The Morgan fingerprint density at radius 2 is 2.33 bits per heavy atom. The number of hydroxylamine groups is 1. The predicted molar refractivity (Wildman–Crippen MR) is 28.8 cm³/mol. The average Bonchev–Trinajstić information content (AvgIpc) is 1.66. The van der Waals surface area contributed by atoms with E-state index >= 15 is 0 Å². The summed E-state index contributed by atoms with van der Waals surface area (Å²) in [4.78, 5) is 14.3. The molecule has 9 heavy (non-hydrogen) atoms. The third kappa shape index (κ3) is 12.0.